The van der Waals surface area contributed by atoms with Crippen LogP contribution in [0.15, 0.2) is 0 Å². The predicted octanol–water partition coefficient (Wildman–Crippen LogP) is 2.53. The minimum atomic E-state index is -1.82. The lowest BCUT2D eigenvalue weighted by molar-refractivity contribution is 0.0881. The van der Waals surface area contributed by atoms with Crippen molar-refractivity contribution in [1.29, 1.82) is 0 Å². The molecule has 0 bridgehead atoms. The summed E-state index contributed by atoms with van der Waals surface area (Å²) < 4.78 is 11.6. The third-order valence-electron chi connectivity index (χ3n) is 4.70. The SMILES string of the molecule is CC(C)(C)[Si](C)(C)OC[C@@H]1C[C@@H]2O[C@@H]2CN1C(=O)O. The molecule has 0 spiro atoms. The Bertz CT molecular complexity index is 366. The second-order valence-electron chi connectivity index (χ2n) is 7.11. The summed E-state index contributed by atoms with van der Waals surface area (Å²) in [7, 11) is -1.82. The first-order chi connectivity index (χ1) is 8.62. The number of carbonyl (C=O) groups is 1. The number of epoxide rings is 1. The Morgan fingerprint density at radius 1 is 1.42 bits per heavy atom. The molecule has 110 valence electrons. The number of rotatable bonds is 3. The Morgan fingerprint density at radius 2 is 2.05 bits per heavy atom. The molecular formula is C13H25NO4Si. The highest BCUT2D eigenvalue weighted by Gasteiger charge is 2.49. The molecule has 0 saturated carbocycles. The summed E-state index contributed by atoms with van der Waals surface area (Å²) in [4.78, 5) is 12.8. The van der Waals surface area contributed by atoms with Gasteiger partial charge in [-0.3, -0.25) is 0 Å². The van der Waals surface area contributed by atoms with Crippen molar-refractivity contribution >= 4 is 14.4 Å². The van der Waals surface area contributed by atoms with Gasteiger partial charge in [-0.25, -0.2) is 4.79 Å². The maximum absolute atomic E-state index is 11.3. The highest BCUT2D eigenvalue weighted by molar-refractivity contribution is 6.74. The number of carboxylic acid groups (broad SMARTS) is 1. The number of amides is 1. The molecule has 0 aromatic carbocycles. The normalized spacial score (nSPS) is 31.0. The number of hydrogen-bond acceptors (Lipinski definition) is 3. The predicted molar refractivity (Wildman–Crippen MR) is 74.9 cm³/mol. The molecule has 0 aliphatic carbocycles. The molecule has 0 radical (unpaired) electrons. The maximum Gasteiger partial charge on any atom is 0.407 e. The first kappa shape index (κ1) is 14.8. The Labute approximate surface area is 116 Å². The first-order valence-electron chi connectivity index (χ1n) is 6.91. The second kappa shape index (κ2) is 4.75. The number of hydrogen-bond donors (Lipinski definition) is 1. The quantitative estimate of drug-likeness (QED) is 0.640. The van der Waals surface area contributed by atoms with E-state index in [1.807, 2.05) is 0 Å². The van der Waals surface area contributed by atoms with Crippen LogP contribution in [-0.2, 0) is 9.16 Å². The lowest BCUT2D eigenvalue weighted by atomic mass is 10.0. The zero-order valence-electron chi connectivity index (χ0n) is 12.5. The summed E-state index contributed by atoms with van der Waals surface area (Å²) in [6.07, 6.45) is 0.285. The third-order valence-corrected chi connectivity index (χ3v) is 9.20. The van der Waals surface area contributed by atoms with Crippen LogP contribution < -0.4 is 0 Å². The van der Waals surface area contributed by atoms with Crippen LogP contribution in [0.2, 0.25) is 18.1 Å². The van der Waals surface area contributed by atoms with Gasteiger partial charge in [-0.1, -0.05) is 20.8 Å². The molecule has 1 amide bonds. The minimum Gasteiger partial charge on any atom is -0.465 e. The Morgan fingerprint density at radius 3 is 2.58 bits per heavy atom. The fourth-order valence-corrected chi connectivity index (χ4v) is 3.24. The van der Waals surface area contributed by atoms with Crippen LogP contribution in [0, 0.1) is 0 Å². The van der Waals surface area contributed by atoms with Crippen molar-refractivity contribution in [2.24, 2.45) is 0 Å². The summed E-state index contributed by atoms with van der Waals surface area (Å²) in [5.74, 6) is 0. The van der Waals surface area contributed by atoms with E-state index in [4.69, 9.17) is 9.16 Å². The van der Waals surface area contributed by atoms with Crippen molar-refractivity contribution < 1.29 is 19.1 Å². The molecule has 2 fully saturated rings. The molecule has 2 aliphatic rings. The molecule has 0 aromatic heterocycles. The third kappa shape index (κ3) is 3.12. The molecule has 0 unspecified atom stereocenters. The average molecular weight is 287 g/mol. The number of likely N-dealkylation sites (tertiary alicyclic amines) is 1. The van der Waals surface area contributed by atoms with Gasteiger partial charge >= 0.3 is 6.09 Å². The van der Waals surface area contributed by atoms with E-state index in [0.717, 1.165) is 6.42 Å². The maximum atomic E-state index is 11.3. The van der Waals surface area contributed by atoms with E-state index in [1.165, 1.54) is 4.90 Å². The molecule has 1 N–H and O–H groups in total. The van der Waals surface area contributed by atoms with E-state index in [-0.39, 0.29) is 23.3 Å². The fraction of sp³-hybridized carbons (Fsp3) is 0.923. The van der Waals surface area contributed by atoms with E-state index in [9.17, 15) is 9.90 Å². The van der Waals surface area contributed by atoms with Gasteiger partial charge in [0.05, 0.1) is 25.3 Å². The van der Waals surface area contributed by atoms with Crippen LogP contribution in [0.5, 0.6) is 0 Å². The summed E-state index contributed by atoms with van der Waals surface area (Å²) in [6.45, 7) is 11.9. The fourth-order valence-electron chi connectivity index (χ4n) is 2.20. The van der Waals surface area contributed by atoms with Crippen LogP contribution in [0.25, 0.3) is 0 Å². The van der Waals surface area contributed by atoms with Crippen LogP contribution in [0.4, 0.5) is 4.79 Å². The van der Waals surface area contributed by atoms with Gasteiger partial charge in [0.25, 0.3) is 0 Å². The number of nitrogens with zero attached hydrogens (tertiary/aromatic N) is 1. The van der Waals surface area contributed by atoms with Gasteiger partial charge in [0, 0.05) is 0 Å². The molecule has 2 aliphatic heterocycles. The van der Waals surface area contributed by atoms with Gasteiger partial charge in [-0.2, -0.15) is 0 Å². The molecule has 2 saturated heterocycles. The molecular weight excluding hydrogens is 262 g/mol. The first-order valence-corrected chi connectivity index (χ1v) is 9.81. The van der Waals surface area contributed by atoms with Gasteiger partial charge in [-0.15, -0.1) is 0 Å². The van der Waals surface area contributed by atoms with E-state index < -0.39 is 14.4 Å². The zero-order valence-corrected chi connectivity index (χ0v) is 13.5. The minimum absolute atomic E-state index is 0.0598. The molecule has 19 heavy (non-hydrogen) atoms. The van der Waals surface area contributed by atoms with E-state index in [0.29, 0.717) is 13.2 Å². The summed E-state index contributed by atoms with van der Waals surface area (Å²) >= 11 is 0. The van der Waals surface area contributed by atoms with Crippen LogP contribution >= 0.6 is 0 Å². The molecule has 6 heteroatoms. The van der Waals surface area contributed by atoms with Crippen molar-refractivity contribution in [2.75, 3.05) is 13.2 Å². The topological polar surface area (TPSA) is 62.3 Å². The molecule has 2 heterocycles. The van der Waals surface area contributed by atoms with Crippen molar-refractivity contribution in [3.05, 3.63) is 0 Å². The van der Waals surface area contributed by atoms with Crippen molar-refractivity contribution in [3.8, 4) is 0 Å². The highest BCUT2D eigenvalue weighted by Crippen LogP contribution is 2.38. The van der Waals surface area contributed by atoms with Gasteiger partial charge in [0.15, 0.2) is 8.32 Å². The summed E-state index contributed by atoms with van der Waals surface area (Å²) in [5.41, 5.74) is 0. The molecule has 3 atom stereocenters. The lowest BCUT2D eigenvalue weighted by Crippen LogP contribution is -2.51. The van der Waals surface area contributed by atoms with Gasteiger partial charge in [0.2, 0.25) is 0 Å². The second-order valence-corrected chi connectivity index (χ2v) is 11.9. The van der Waals surface area contributed by atoms with Crippen molar-refractivity contribution in [1.82, 2.24) is 4.90 Å². The number of ether oxygens (including phenoxy) is 1. The Hall–Kier alpha value is -0.593. The Balaban J connectivity index is 1.95. The van der Waals surface area contributed by atoms with Crippen molar-refractivity contribution in [2.45, 2.75) is 63.6 Å². The highest BCUT2D eigenvalue weighted by atomic mass is 28.4. The van der Waals surface area contributed by atoms with Crippen LogP contribution in [-0.4, -0.2) is 55.8 Å². The van der Waals surface area contributed by atoms with E-state index in [1.54, 1.807) is 0 Å². The largest absolute Gasteiger partial charge is 0.465 e. The van der Waals surface area contributed by atoms with Crippen LogP contribution in [0.1, 0.15) is 27.2 Å². The Kier molecular flexibility index (Phi) is 3.70. The van der Waals surface area contributed by atoms with E-state index >= 15 is 0 Å². The standard InChI is InChI=1S/C13H25NO4Si/c1-13(2,3)19(4,5)17-8-9-6-10-11(18-10)7-14(9)12(15)16/h9-11H,6-8H2,1-5H3,(H,15,16)/t9-,10-,11+/m0/s1. The number of piperidine rings is 1. The van der Waals surface area contributed by atoms with Crippen LogP contribution in [0.3, 0.4) is 0 Å². The smallest absolute Gasteiger partial charge is 0.407 e. The summed E-state index contributed by atoms with van der Waals surface area (Å²) in [6, 6.07) is -0.0598. The molecule has 5 nitrogen and oxygen atoms in total. The van der Waals surface area contributed by atoms with Gasteiger partial charge in [-0.05, 0) is 24.6 Å². The monoisotopic (exact) mass is 287 g/mol. The average Bonchev–Trinajstić information content (AvgIpc) is 3.01. The molecule has 2 rings (SSSR count). The zero-order chi connectivity index (χ0) is 14.4. The lowest BCUT2D eigenvalue weighted by Gasteiger charge is -2.39. The van der Waals surface area contributed by atoms with E-state index in [2.05, 4.69) is 33.9 Å². The summed E-state index contributed by atoms with van der Waals surface area (Å²) in [5, 5.41) is 9.41. The van der Waals surface area contributed by atoms with Gasteiger partial charge < -0.3 is 19.2 Å². The van der Waals surface area contributed by atoms with Crippen molar-refractivity contribution in [3.63, 3.8) is 0 Å². The molecule has 0 aromatic rings. The number of fused-ring (bicyclic) bond motifs is 1. The van der Waals surface area contributed by atoms with Gasteiger partial charge in [0.1, 0.15) is 6.10 Å².